The second-order valence-electron chi connectivity index (χ2n) is 5.67. The van der Waals surface area contributed by atoms with Crippen molar-refractivity contribution in [3.63, 3.8) is 0 Å². The molecule has 0 fully saturated rings. The lowest BCUT2D eigenvalue weighted by molar-refractivity contribution is -0.133. The van der Waals surface area contributed by atoms with Crippen LogP contribution in [0.1, 0.15) is 5.56 Å². The van der Waals surface area contributed by atoms with Crippen molar-refractivity contribution in [3.8, 4) is 0 Å². The maximum atomic E-state index is 13.1. The summed E-state index contributed by atoms with van der Waals surface area (Å²) in [6, 6.07) is 5.73. The SMILES string of the molecule is Cn1c(=O)c2c(nc(SCC(=O)O)n2Cc2ccc(F)cc2)n(C)c1=O. The highest BCUT2D eigenvalue weighted by Gasteiger charge is 2.20. The van der Waals surface area contributed by atoms with Gasteiger partial charge in [-0.15, -0.1) is 0 Å². The largest absolute Gasteiger partial charge is 0.481 e. The molecule has 2 aromatic heterocycles. The minimum Gasteiger partial charge on any atom is -0.481 e. The third-order valence-corrected chi connectivity index (χ3v) is 4.85. The lowest BCUT2D eigenvalue weighted by Crippen LogP contribution is -2.37. The van der Waals surface area contributed by atoms with E-state index in [2.05, 4.69) is 4.98 Å². The van der Waals surface area contributed by atoms with Crippen LogP contribution in [0.3, 0.4) is 0 Å². The maximum absolute atomic E-state index is 13.1. The molecule has 1 N–H and O–H groups in total. The minimum atomic E-state index is -1.03. The summed E-state index contributed by atoms with van der Waals surface area (Å²) in [6.45, 7) is 0.187. The lowest BCUT2D eigenvalue weighted by Gasteiger charge is -2.09. The van der Waals surface area contributed by atoms with E-state index in [1.807, 2.05) is 0 Å². The number of thioether (sulfide) groups is 1. The van der Waals surface area contributed by atoms with E-state index in [-0.39, 0.29) is 29.3 Å². The van der Waals surface area contributed by atoms with Crippen LogP contribution in [0.2, 0.25) is 0 Å². The molecule has 1 aromatic carbocycles. The first-order valence-electron chi connectivity index (χ1n) is 7.55. The van der Waals surface area contributed by atoms with Crippen LogP contribution in [0.4, 0.5) is 4.39 Å². The number of hydrogen-bond donors (Lipinski definition) is 1. The lowest BCUT2D eigenvalue weighted by atomic mass is 10.2. The molecule has 3 aromatic rings. The molecule has 0 saturated heterocycles. The molecule has 0 unspecified atom stereocenters. The Morgan fingerprint density at radius 3 is 2.46 bits per heavy atom. The van der Waals surface area contributed by atoms with Crippen LogP contribution in [0.15, 0.2) is 39.0 Å². The number of hydrogen-bond acceptors (Lipinski definition) is 5. The molecule has 8 nitrogen and oxygen atoms in total. The number of halogens is 1. The third kappa shape index (κ3) is 3.15. The van der Waals surface area contributed by atoms with Gasteiger partial charge in [-0.3, -0.25) is 18.7 Å². The van der Waals surface area contributed by atoms with E-state index in [1.165, 1.54) is 30.8 Å². The average Bonchev–Trinajstić information content (AvgIpc) is 2.96. The van der Waals surface area contributed by atoms with Crippen LogP contribution in [0.5, 0.6) is 0 Å². The molecule has 0 aliphatic heterocycles. The highest BCUT2D eigenvalue weighted by atomic mass is 32.2. The number of fused-ring (bicyclic) bond motifs is 1. The summed E-state index contributed by atoms with van der Waals surface area (Å²) in [5, 5.41) is 9.23. The number of nitrogens with zero attached hydrogens (tertiary/aromatic N) is 4. The zero-order valence-corrected chi connectivity index (χ0v) is 14.8. The molecule has 10 heteroatoms. The first kappa shape index (κ1) is 17.9. The molecule has 0 aliphatic carbocycles. The van der Waals surface area contributed by atoms with E-state index >= 15 is 0 Å². The Labute approximate surface area is 150 Å². The molecule has 26 heavy (non-hydrogen) atoms. The van der Waals surface area contributed by atoms with Crippen molar-refractivity contribution < 1.29 is 14.3 Å². The Bertz CT molecular complexity index is 1110. The summed E-state index contributed by atoms with van der Waals surface area (Å²) in [5.41, 5.74) is 0.0160. The van der Waals surface area contributed by atoms with Gasteiger partial charge in [-0.05, 0) is 17.7 Å². The van der Waals surface area contributed by atoms with Gasteiger partial charge in [0.1, 0.15) is 5.82 Å². The van der Waals surface area contributed by atoms with Crippen molar-refractivity contribution in [1.29, 1.82) is 0 Å². The molecule has 0 amide bonds. The Hall–Kier alpha value is -2.88. The van der Waals surface area contributed by atoms with Crippen LogP contribution in [-0.4, -0.2) is 35.5 Å². The van der Waals surface area contributed by atoms with Crippen LogP contribution in [-0.2, 0) is 25.4 Å². The number of carbonyl (C=O) groups is 1. The summed E-state index contributed by atoms with van der Waals surface area (Å²) in [6.07, 6.45) is 0. The smallest absolute Gasteiger partial charge is 0.332 e. The molecule has 136 valence electrons. The number of benzene rings is 1. The van der Waals surface area contributed by atoms with Gasteiger partial charge in [0.05, 0.1) is 12.3 Å². The van der Waals surface area contributed by atoms with Crippen LogP contribution in [0.25, 0.3) is 11.2 Å². The molecule has 0 aliphatic rings. The van der Waals surface area contributed by atoms with E-state index in [0.717, 1.165) is 16.3 Å². The molecule has 0 spiro atoms. The fourth-order valence-corrected chi connectivity index (χ4v) is 3.30. The zero-order chi connectivity index (χ0) is 19.0. The van der Waals surface area contributed by atoms with Gasteiger partial charge in [0, 0.05) is 14.1 Å². The Balaban J connectivity index is 2.23. The predicted molar refractivity (Wildman–Crippen MR) is 94.1 cm³/mol. The number of aromatic nitrogens is 4. The van der Waals surface area contributed by atoms with Gasteiger partial charge in [-0.25, -0.2) is 14.2 Å². The van der Waals surface area contributed by atoms with Gasteiger partial charge in [0.2, 0.25) is 0 Å². The highest BCUT2D eigenvalue weighted by molar-refractivity contribution is 7.99. The summed E-state index contributed by atoms with van der Waals surface area (Å²) in [4.78, 5) is 40.0. The van der Waals surface area contributed by atoms with Crippen LogP contribution < -0.4 is 11.2 Å². The molecule has 2 heterocycles. The number of imidazole rings is 1. The molecule has 0 bridgehead atoms. The Morgan fingerprint density at radius 2 is 1.85 bits per heavy atom. The first-order valence-corrected chi connectivity index (χ1v) is 8.53. The summed E-state index contributed by atoms with van der Waals surface area (Å²) < 4.78 is 16.9. The summed E-state index contributed by atoms with van der Waals surface area (Å²) >= 11 is 0.947. The van der Waals surface area contributed by atoms with Crippen molar-refractivity contribution >= 4 is 28.9 Å². The van der Waals surface area contributed by atoms with Crippen molar-refractivity contribution in [1.82, 2.24) is 18.7 Å². The van der Waals surface area contributed by atoms with Crippen molar-refractivity contribution in [3.05, 3.63) is 56.5 Å². The molecule has 0 saturated carbocycles. The highest BCUT2D eigenvalue weighted by Crippen LogP contribution is 2.23. The number of carboxylic acids is 1. The number of aryl methyl sites for hydroxylation is 1. The normalized spacial score (nSPS) is 11.2. The second kappa shape index (κ2) is 6.79. The molecular formula is C16H15FN4O4S. The van der Waals surface area contributed by atoms with Crippen LogP contribution in [0, 0.1) is 5.82 Å². The molecule has 3 rings (SSSR count). The van der Waals surface area contributed by atoms with Crippen molar-refractivity contribution in [2.75, 3.05) is 5.75 Å². The molecule has 0 atom stereocenters. The van der Waals surface area contributed by atoms with Gasteiger partial charge in [0.15, 0.2) is 16.3 Å². The number of rotatable bonds is 5. The van der Waals surface area contributed by atoms with Gasteiger partial charge >= 0.3 is 11.7 Å². The van der Waals surface area contributed by atoms with Gasteiger partial charge in [-0.2, -0.15) is 0 Å². The second-order valence-corrected chi connectivity index (χ2v) is 6.61. The summed E-state index contributed by atoms with van der Waals surface area (Å²) in [7, 11) is 2.86. The quantitative estimate of drug-likeness (QED) is 0.660. The van der Waals surface area contributed by atoms with E-state index in [4.69, 9.17) is 5.11 Å². The van der Waals surface area contributed by atoms with Gasteiger partial charge < -0.3 is 9.67 Å². The van der Waals surface area contributed by atoms with Crippen LogP contribution >= 0.6 is 11.8 Å². The fourth-order valence-electron chi connectivity index (χ4n) is 2.58. The monoisotopic (exact) mass is 378 g/mol. The standard InChI is InChI=1S/C16H15FN4O4S/c1-19-13-12(14(24)20(2)16(19)25)21(15(18-13)26-8-11(22)23)7-9-3-5-10(17)6-4-9/h3-6H,7-8H2,1-2H3,(H,22,23). The van der Waals surface area contributed by atoms with E-state index in [1.54, 1.807) is 16.7 Å². The predicted octanol–water partition coefficient (Wildman–Crippen LogP) is 0.798. The van der Waals surface area contributed by atoms with E-state index < -0.39 is 17.2 Å². The number of carboxylic acid groups (broad SMARTS) is 1. The van der Waals surface area contributed by atoms with Crippen molar-refractivity contribution in [2.24, 2.45) is 14.1 Å². The molecule has 0 radical (unpaired) electrons. The maximum Gasteiger partial charge on any atom is 0.332 e. The Kier molecular flexibility index (Phi) is 4.68. The molecular weight excluding hydrogens is 363 g/mol. The van der Waals surface area contributed by atoms with Crippen molar-refractivity contribution in [2.45, 2.75) is 11.7 Å². The zero-order valence-electron chi connectivity index (χ0n) is 14.0. The minimum absolute atomic E-state index is 0.174. The Morgan fingerprint density at radius 1 is 1.19 bits per heavy atom. The average molecular weight is 378 g/mol. The number of aliphatic carboxylic acids is 1. The van der Waals surface area contributed by atoms with E-state index in [9.17, 15) is 18.8 Å². The third-order valence-electron chi connectivity index (χ3n) is 3.89. The van der Waals surface area contributed by atoms with Gasteiger partial charge in [0.25, 0.3) is 5.56 Å². The first-order chi connectivity index (χ1) is 12.3. The topological polar surface area (TPSA) is 99.1 Å². The summed E-state index contributed by atoms with van der Waals surface area (Å²) in [5.74, 6) is -1.67. The van der Waals surface area contributed by atoms with E-state index in [0.29, 0.717) is 10.7 Å². The van der Waals surface area contributed by atoms with Gasteiger partial charge in [-0.1, -0.05) is 23.9 Å². The fraction of sp³-hybridized carbons (Fsp3) is 0.250.